The molecule has 2 unspecified atom stereocenters. The Labute approximate surface area is 151 Å². The number of hydrogen-bond acceptors (Lipinski definition) is 1. The molecule has 1 nitrogen and oxygen atoms in total. The van der Waals surface area contributed by atoms with Crippen molar-refractivity contribution in [1.29, 1.82) is 0 Å². The van der Waals surface area contributed by atoms with E-state index in [0.29, 0.717) is 5.92 Å². The van der Waals surface area contributed by atoms with Gasteiger partial charge in [-0.25, -0.2) is 0 Å². The molecular weight excluding hydrogens is 304 g/mol. The highest BCUT2D eigenvalue weighted by Gasteiger charge is 2.51. The highest BCUT2D eigenvalue weighted by Crippen LogP contribution is 2.57. The fourth-order valence-electron chi connectivity index (χ4n) is 4.83. The van der Waals surface area contributed by atoms with Gasteiger partial charge in [-0.05, 0) is 36.5 Å². The third-order valence-corrected chi connectivity index (χ3v) is 6.03. The van der Waals surface area contributed by atoms with Gasteiger partial charge in [0, 0.05) is 18.4 Å². The van der Waals surface area contributed by atoms with E-state index in [1.54, 1.807) is 0 Å². The molecule has 2 aromatic rings. The summed E-state index contributed by atoms with van der Waals surface area (Å²) in [5.74, 6) is 0.328. The van der Waals surface area contributed by atoms with Crippen molar-refractivity contribution in [3.63, 3.8) is 0 Å². The van der Waals surface area contributed by atoms with Crippen molar-refractivity contribution in [1.82, 2.24) is 0 Å². The predicted octanol–water partition coefficient (Wildman–Crippen LogP) is 5.68. The summed E-state index contributed by atoms with van der Waals surface area (Å²) >= 11 is 0. The molecule has 5 rings (SSSR count). The van der Waals surface area contributed by atoms with Crippen LogP contribution in [0, 0.1) is 11.3 Å². The number of rotatable bonds is 4. The Kier molecular flexibility index (Phi) is 3.92. The molecule has 0 saturated heterocycles. The average Bonchev–Trinajstić information content (AvgIpc) is 2.62. The van der Waals surface area contributed by atoms with Crippen LogP contribution >= 0.6 is 0 Å². The number of allylic oxidation sites excluding steroid dienone is 2. The van der Waals surface area contributed by atoms with Gasteiger partial charge in [0.15, 0.2) is 0 Å². The van der Waals surface area contributed by atoms with Crippen LogP contribution in [-0.2, 0) is 11.2 Å². The van der Waals surface area contributed by atoms with Gasteiger partial charge in [0.05, 0.1) is 5.60 Å². The Bertz CT molecular complexity index is 818. The summed E-state index contributed by atoms with van der Waals surface area (Å²) in [5, 5.41) is 0. The zero-order valence-corrected chi connectivity index (χ0v) is 15.3. The highest BCUT2D eigenvalue weighted by molar-refractivity contribution is 5.76. The van der Waals surface area contributed by atoms with E-state index in [1.807, 2.05) is 7.11 Å². The average molecular weight is 330 g/mol. The highest BCUT2D eigenvalue weighted by atomic mass is 16.5. The summed E-state index contributed by atoms with van der Waals surface area (Å²) in [4.78, 5) is 0. The van der Waals surface area contributed by atoms with Gasteiger partial charge < -0.3 is 4.74 Å². The monoisotopic (exact) mass is 330 g/mol. The predicted molar refractivity (Wildman–Crippen MR) is 104 cm³/mol. The number of ether oxygens (including phenoxy) is 1. The van der Waals surface area contributed by atoms with E-state index in [0.717, 1.165) is 12.8 Å². The topological polar surface area (TPSA) is 9.23 Å². The first-order valence-corrected chi connectivity index (χ1v) is 9.12. The van der Waals surface area contributed by atoms with Crippen LogP contribution in [0.15, 0.2) is 78.4 Å². The molecule has 2 aromatic carbocycles. The van der Waals surface area contributed by atoms with Gasteiger partial charge in [-0.1, -0.05) is 85.3 Å². The van der Waals surface area contributed by atoms with Crippen LogP contribution in [0.1, 0.15) is 31.4 Å². The van der Waals surface area contributed by atoms with Gasteiger partial charge in [0.1, 0.15) is 0 Å². The fourth-order valence-corrected chi connectivity index (χ4v) is 4.83. The van der Waals surface area contributed by atoms with Crippen molar-refractivity contribution >= 4 is 5.57 Å². The van der Waals surface area contributed by atoms with Crippen LogP contribution in [0.5, 0.6) is 0 Å². The normalized spacial score (nSPS) is 30.8. The molecule has 3 aliphatic carbocycles. The van der Waals surface area contributed by atoms with E-state index in [-0.39, 0.29) is 11.0 Å². The van der Waals surface area contributed by atoms with Gasteiger partial charge in [0.2, 0.25) is 0 Å². The first-order chi connectivity index (χ1) is 12.0. The molecule has 0 spiro atoms. The molecule has 2 bridgehead atoms. The van der Waals surface area contributed by atoms with Crippen molar-refractivity contribution in [2.24, 2.45) is 11.3 Å². The van der Waals surface area contributed by atoms with Crippen LogP contribution in [0.4, 0.5) is 0 Å². The number of hydrogen-bond donors (Lipinski definition) is 0. The molecule has 3 aliphatic rings. The van der Waals surface area contributed by atoms with Gasteiger partial charge in [-0.3, -0.25) is 0 Å². The Morgan fingerprint density at radius 2 is 1.60 bits per heavy atom. The summed E-state index contributed by atoms with van der Waals surface area (Å²) in [6.45, 7) is 4.63. The minimum Gasteiger partial charge on any atom is -0.378 e. The molecule has 0 aromatic heterocycles. The lowest BCUT2D eigenvalue weighted by molar-refractivity contribution is -0.0506. The first kappa shape index (κ1) is 16.4. The zero-order valence-electron chi connectivity index (χ0n) is 15.3. The van der Waals surface area contributed by atoms with Crippen LogP contribution < -0.4 is 0 Å². The Balaban J connectivity index is 1.76. The molecule has 128 valence electrons. The second-order valence-electron chi connectivity index (χ2n) is 7.92. The summed E-state index contributed by atoms with van der Waals surface area (Å²) in [5.41, 5.74) is 5.53. The zero-order chi connectivity index (χ0) is 17.5. The van der Waals surface area contributed by atoms with E-state index >= 15 is 0 Å². The van der Waals surface area contributed by atoms with Crippen molar-refractivity contribution in [2.75, 3.05) is 7.11 Å². The molecule has 0 radical (unpaired) electrons. The molecular formula is C24H26O. The Morgan fingerprint density at radius 3 is 2.20 bits per heavy atom. The maximum absolute atomic E-state index is 6.04. The van der Waals surface area contributed by atoms with Crippen molar-refractivity contribution < 1.29 is 4.74 Å². The molecule has 25 heavy (non-hydrogen) atoms. The first-order valence-electron chi connectivity index (χ1n) is 9.12. The lowest BCUT2D eigenvalue weighted by Crippen LogP contribution is -2.49. The molecule has 0 saturated carbocycles. The standard InChI is InChI=1S/C24H26O/c1-23-16-20(14-18-10-6-4-7-11-18)22(24(2,17-23)25-3)15-21(23)19-12-8-5-9-13-19/h4-13,15-16,22H,14,17H2,1-3H3/t22?,23?,24-/m0/s1. The quantitative estimate of drug-likeness (QED) is 0.655. The summed E-state index contributed by atoms with van der Waals surface area (Å²) in [7, 11) is 1.86. The maximum atomic E-state index is 6.04. The fraction of sp³-hybridized carbons (Fsp3) is 0.333. The molecule has 0 fully saturated rings. The summed E-state index contributed by atoms with van der Waals surface area (Å²) < 4.78 is 6.04. The lowest BCUT2D eigenvalue weighted by Gasteiger charge is -2.52. The molecule has 0 aliphatic heterocycles. The number of fused-ring (bicyclic) bond motifs is 1. The number of benzene rings is 2. The molecule has 0 heterocycles. The third-order valence-electron chi connectivity index (χ3n) is 6.03. The maximum Gasteiger partial charge on any atom is 0.0761 e. The minimum absolute atomic E-state index is 0.0188. The van der Waals surface area contributed by atoms with Gasteiger partial charge in [-0.15, -0.1) is 0 Å². The van der Waals surface area contributed by atoms with E-state index in [9.17, 15) is 0 Å². The molecule has 0 N–H and O–H groups in total. The third kappa shape index (κ3) is 2.77. The largest absolute Gasteiger partial charge is 0.378 e. The molecule has 3 atom stereocenters. The number of methoxy groups -OCH3 is 1. The smallest absolute Gasteiger partial charge is 0.0761 e. The van der Waals surface area contributed by atoms with Crippen molar-refractivity contribution in [3.8, 4) is 0 Å². The van der Waals surface area contributed by atoms with Crippen LogP contribution in [0.3, 0.4) is 0 Å². The van der Waals surface area contributed by atoms with Gasteiger partial charge in [0.25, 0.3) is 0 Å². The second kappa shape index (κ2) is 6.00. The van der Waals surface area contributed by atoms with E-state index in [4.69, 9.17) is 4.74 Å². The van der Waals surface area contributed by atoms with Crippen molar-refractivity contribution in [2.45, 2.75) is 32.3 Å². The van der Waals surface area contributed by atoms with Crippen LogP contribution in [0.2, 0.25) is 0 Å². The van der Waals surface area contributed by atoms with Crippen LogP contribution in [0.25, 0.3) is 5.57 Å². The van der Waals surface area contributed by atoms with Gasteiger partial charge >= 0.3 is 0 Å². The summed E-state index contributed by atoms with van der Waals surface area (Å²) in [6.07, 6.45) is 7.02. The van der Waals surface area contributed by atoms with Crippen molar-refractivity contribution in [3.05, 3.63) is 89.5 Å². The second-order valence-corrected chi connectivity index (χ2v) is 7.92. The van der Waals surface area contributed by atoms with Gasteiger partial charge in [-0.2, -0.15) is 0 Å². The molecule has 1 heteroatoms. The van der Waals surface area contributed by atoms with Crippen LogP contribution in [-0.4, -0.2) is 12.7 Å². The lowest BCUT2D eigenvalue weighted by atomic mass is 9.55. The van der Waals surface area contributed by atoms with E-state index in [1.165, 1.54) is 22.3 Å². The molecule has 0 amide bonds. The Morgan fingerprint density at radius 1 is 0.960 bits per heavy atom. The van der Waals surface area contributed by atoms with E-state index in [2.05, 4.69) is 86.7 Å². The summed E-state index contributed by atoms with van der Waals surface area (Å²) in [6, 6.07) is 21.6. The minimum atomic E-state index is -0.133. The van der Waals surface area contributed by atoms with E-state index < -0.39 is 0 Å². The SMILES string of the molecule is CO[C@@]1(C)CC2(C)C=C(Cc3ccccc3)C1C=C2c1ccccc1. The Hall–Kier alpha value is -2.12.